The molecule has 6 nitrogen and oxygen atoms in total. The number of hydrogen-bond acceptors (Lipinski definition) is 5. The first-order valence-corrected chi connectivity index (χ1v) is 11.0. The summed E-state index contributed by atoms with van der Waals surface area (Å²) in [5, 5.41) is 5.83. The molecule has 1 aromatic heterocycles. The molecule has 29 heavy (non-hydrogen) atoms. The summed E-state index contributed by atoms with van der Waals surface area (Å²) in [5.41, 5.74) is 9.34. The van der Waals surface area contributed by atoms with Gasteiger partial charge in [-0.15, -0.1) is 11.3 Å². The number of likely N-dealkylation sites (N-methyl/N-ethyl adjacent to an activating group) is 1. The molecule has 3 atom stereocenters. The first-order chi connectivity index (χ1) is 13.9. The van der Waals surface area contributed by atoms with Crippen molar-refractivity contribution in [1.82, 2.24) is 10.2 Å². The lowest BCUT2D eigenvalue weighted by Crippen LogP contribution is -2.46. The maximum absolute atomic E-state index is 13.0. The molecule has 2 heterocycles. The Kier molecular flexibility index (Phi) is 5.92. The molecule has 1 saturated carbocycles. The number of rotatable bonds is 5. The van der Waals surface area contributed by atoms with E-state index in [1.165, 1.54) is 22.5 Å². The topological polar surface area (TPSA) is 87.5 Å². The van der Waals surface area contributed by atoms with Crippen LogP contribution in [0, 0.1) is 5.92 Å². The summed E-state index contributed by atoms with van der Waals surface area (Å²) in [5.74, 6) is -0.584. The zero-order valence-corrected chi connectivity index (χ0v) is 17.9. The highest BCUT2D eigenvalue weighted by Gasteiger charge is 2.44. The van der Waals surface area contributed by atoms with Crippen molar-refractivity contribution in [2.75, 3.05) is 25.5 Å². The number of nitrogens with one attached hydrogen (secondary N) is 2. The van der Waals surface area contributed by atoms with E-state index >= 15 is 0 Å². The highest BCUT2D eigenvalue weighted by atomic mass is 35.5. The van der Waals surface area contributed by atoms with Crippen LogP contribution in [0.25, 0.3) is 0 Å². The average Bonchev–Trinajstić information content (AvgIpc) is 3.30. The summed E-state index contributed by atoms with van der Waals surface area (Å²) in [4.78, 5) is 28.3. The predicted octanol–water partition coefficient (Wildman–Crippen LogP) is 2.52. The molecule has 1 fully saturated rings. The quantitative estimate of drug-likeness (QED) is 0.677. The number of carbonyl (C=O) groups is 2. The number of nitrogens with zero attached hydrogens (tertiary/aromatic N) is 1. The number of nitrogens with two attached hydrogens (primary N) is 1. The largest absolute Gasteiger partial charge is 0.339 e. The van der Waals surface area contributed by atoms with E-state index in [4.69, 9.17) is 17.3 Å². The highest BCUT2D eigenvalue weighted by Crippen LogP contribution is 2.33. The van der Waals surface area contributed by atoms with Gasteiger partial charge in [0.25, 0.3) is 5.91 Å². The monoisotopic (exact) mass is 432 g/mol. The van der Waals surface area contributed by atoms with E-state index in [9.17, 15) is 9.59 Å². The zero-order valence-electron chi connectivity index (χ0n) is 16.3. The van der Waals surface area contributed by atoms with Gasteiger partial charge in [-0.05, 0) is 61.7 Å². The van der Waals surface area contributed by atoms with E-state index in [1.54, 1.807) is 12.1 Å². The van der Waals surface area contributed by atoms with Crippen molar-refractivity contribution in [3.63, 3.8) is 0 Å². The van der Waals surface area contributed by atoms with Gasteiger partial charge in [-0.25, -0.2) is 0 Å². The molecule has 2 aromatic rings. The summed E-state index contributed by atoms with van der Waals surface area (Å²) in [6.45, 7) is 2.04. The van der Waals surface area contributed by atoms with Gasteiger partial charge in [0.1, 0.15) is 6.04 Å². The van der Waals surface area contributed by atoms with Gasteiger partial charge in [-0.1, -0.05) is 17.7 Å². The molecule has 2 unspecified atom stereocenters. The minimum absolute atomic E-state index is 0.0520. The van der Waals surface area contributed by atoms with Gasteiger partial charge in [0.15, 0.2) is 0 Å². The highest BCUT2D eigenvalue weighted by molar-refractivity contribution is 7.18. The van der Waals surface area contributed by atoms with Crippen LogP contribution in [0.2, 0.25) is 4.34 Å². The van der Waals surface area contributed by atoms with Crippen molar-refractivity contribution in [2.45, 2.75) is 31.3 Å². The van der Waals surface area contributed by atoms with E-state index in [0.29, 0.717) is 9.21 Å². The fourth-order valence-electron chi connectivity index (χ4n) is 3.77. The van der Waals surface area contributed by atoms with E-state index in [-0.39, 0.29) is 23.8 Å². The van der Waals surface area contributed by atoms with Crippen LogP contribution in [0.15, 0.2) is 30.3 Å². The average molecular weight is 433 g/mol. The van der Waals surface area contributed by atoms with Crippen LogP contribution >= 0.6 is 22.9 Å². The van der Waals surface area contributed by atoms with E-state index < -0.39 is 6.04 Å². The number of amides is 2. The Bertz CT molecular complexity index is 931. The van der Waals surface area contributed by atoms with E-state index in [2.05, 4.69) is 34.7 Å². The summed E-state index contributed by atoms with van der Waals surface area (Å²) < 4.78 is 0.537. The lowest BCUT2D eigenvalue weighted by molar-refractivity contribution is -0.118. The molecule has 0 radical (unpaired) electrons. The Balaban J connectivity index is 1.47. The van der Waals surface area contributed by atoms with Crippen LogP contribution in [-0.2, 0) is 17.6 Å². The van der Waals surface area contributed by atoms with Gasteiger partial charge >= 0.3 is 0 Å². The first kappa shape index (κ1) is 20.3. The molecule has 2 amide bonds. The van der Waals surface area contributed by atoms with Crippen molar-refractivity contribution < 1.29 is 9.59 Å². The normalized spacial score (nSPS) is 22.3. The van der Waals surface area contributed by atoms with Crippen LogP contribution in [0.1, 0.15) is 27.2 Å². The second kappa shape index (κ2) is 8.44. The van der Waals surface area contributed by atoms with Gasteiger partial charge in [0.2, 0.25) is 5.91 Å². The third-order valence-electron chi connectivity index (χ3n) is 5.68. The molecular formula is C21H25ClN4O2S. The van der Waals surface area contributed by atoms with Crippen molar-refractivity contribution in [1.29, 1.82) is 0 Å². The van der Waals surface area contributed by atoms with Crippen LogP contribution in [0.3, 0.4) is 0 Å². The Labute approximate surface area is 179 Å². The van der Waals surface area contributed by atoms with E-state index in [1.807, 2.05) is 6.07 Å². The van der Waals surface area contributed by atoms with Gasteiger partial charge in [-0.3, -0.25) is 9.59 Å². The summed E-state index contributed by atoms with van der Waals surface area (Å²) in [6, 6.07) is 8.68. The van der Waals surface area contributed by atoms with Gasteiger partial charge in [0.05, 0.1) is 9.21 Å². The van der Waals surface area contributed by atoms with Crippen LogP contribution in [-0.4, -0.2) is 48.9 Å². The van der Waals surface area contributed by atoms with Crippen molar-refractivity contribution in [3.8, 4) is 0 Å². The molecule has 0 saturated heterocycles. The van der Waals surface area contributed by atoms with Gasteiger partial charge in [-0.2, -0.15) is 0 Å². The molecule has 0 spiro atoms. The number of anilines is 1. The molecule has 8 heteroatoms. The third-order valence-corrected chi connectivity index (χ3v) is 6.91. The molecular weight excluding hydrogens is 408 g/mol. The Morgan fingerprint density at radius 2 is 1.93 bits per heavy atom. The molecule has 0 bridgehead atoms. The van der Waals surface area contributed by atoms with Crippen molar-refractivity contribution in [3.05, 3.63) is 50.7 Å². The molecule has 1 aromatic carbocycles. The second-order valence-corrected chi connectivity index (χ2v) is 9.61. The van der Waals surface area contributed by atoms with Gasteiger partial charge in [0, 0.05) is 30.7 Å². The fourth-order valence-corrected chi connectivity index (χ4v) is 4.72. The second-order valence-electron chi connectivity index (χ2n) is 7.89. The van der Waals surface area contributed by atoms with Crippen molar-refractivity contribution in [2.24, 2.45) is 11.7 Å². The summed E-state index contributed by atoms with van der Waals surface area (Å²) >= 11 is 7.11. The van der Waals surface area contributed by atoms with Crippen LogP contribution < -0.4 is 16.4 Å². The number of benzene rings is 1. The molecule has 4 rings (SSSR count). The van der Waals surface area contributed by atoms with E-state index in [0.717, 1.165) is 38.0 Å². The van der Waals surface area contributed by atoms with Crippen LogP contribution in [0.4, 0.5) is 5.69 Å². The van der Waals surface area contributed by atoms with Crippen molar-refractivity contribution >= 4 is 40.4 Å². The number of carbonyl (C=O) groups excluding carboxylic acids is 2. The number of hydrogen-bond donors (Lipinski definition) is 3. The fraction of sp³-hybridized carbons (Fsp3) is 0.429. The molecule has 1 aliphatic carbocycles. The summed E-state index contributed by atoms with van der Waals surface area (Å²) in [6.07, 6.45) is 2.70. The number of halogens is 1. The number of thiophene rings is 1. The Morgan fingerprint density at radius 3 is 2.59 bits per heavy atom. The maximum atomic E-state index is 13.0. The van der Waals surface area contributed by atoms with Crippen LogP contribution in [0.5, 0.6) is 0 Å². The maximum Gasteiger partial charge on any atom is 0.262 e. The Hall–Kier alpha value is -1.93. The van der Waals surface area contributed by atoms with Gasteiger partial charge < -0.3 is 21.3 Å². The summed E-state index contributed by atoms with van der Waals surface area (Å²) in [7, 11) is 2.13. The smallest absolute Gasteiger partial charge is 0.262 e. The molecule has 154 valence electrons. The predicted molar refractivity (Wildman–Crippen MR) is 117 cm³/mol. The zero-order chi connectivity index (χ0) is 20.5. The third kappa shape index (κ3) is 4.80. The SMILES string of the molecule is CN1CCc2ccc(NC(=O)[C@H](NC(=O)c3ccc(Cl)s3)C3CC3N)cc2CC1. The molecule has 2 aliphatic rings. The standard InChI is InChI=1S/C21H25ClN4O2S/c1-26-8-6-12-2-3-14(10-13(12)7-9-26)24-21(28)19(15-11-16(15)23)25-20(27)17-4-5-18(22)29-17/h2-5,10,15-16,19H,6-9,11,23H2,1H3,(H,24,28)(H,25,27)/t15?,16?,19-/m1/s1. The Morgan fingerprint density at radius 1 is 1.21 bits per heavy atom. The molecule has 4 N–H and O–H groups in total. The lowest BCUT2D eigenvalue weighted by Gasteiger charge is -2.19. The lowest BCUT2D eigenvalue weighted by atomic mass is 10.0. The first-order valence-electron chi connectivity index (χ1n) is 9.83. The minimum atomic E-state index is -0.664. The number of fused-ring (bicyclic) bond motifs is 1. The minimum Gasteiger partial charge on any atom is -0.339 e. The molecule has 1 aliphatic heterocycles.